The highest BCUT2D eigenvalue weighted by Gasteiger charge is 2.49. The Balaban J connectivity index is 1.17. The fourth-order valence-electron chi connectivity index (χ4n) is 5.98. The molecule has 10 atom stereocenters. The summed E-state index contributed by atoms with van der Waals surface area (Å²) in [5.41, 5.74) is -1.11. The molecular formula is C36H36O19. The van der Waals surface area contributed by atoms with Crippen molar-refractivity contribution in [3.63, 3.8) is 0 Å². The molecule has 19 heteroatoms. The highest BCUT2D eigenvalue weighted by atomic mass is 16.7. The molecule has 294 valence electrons. The SMILES string of the molecule is C[C@H]1O[C@H](OC[C@H]2O[C@@H](Oc3c(-c4ccc(O)c(O)c4)oc4cc(O)cc(O)c4c3=O)[C@H](O)[C@@H](O)[C@H]2O)[C@@H](O)[C@@H](O)[C@@H]1OC(=O)/C=C/c1ccc(O)c(O)c1. The van der Waals surface area contributed by atoms with Gasteiger partial charge in [0.2, 0.25) is 17.5 Å². The first-order chi connectivity index (χ1) is 26.0. The largest absolute Gasteiger partial charge is 0.508 e. The number of hydrogen-bond donors (Lipinski definition) is 11. The van der Waals surface area contributed by atoms with Gasteiger partial charge in [-0.1, -0.05) is 6.07 Å². The minimum absolute atomic E-state index is 0.0633. The lowest BCUT2D eigenvalue weighted by Crippen LogP contribution is -2.62. The number of phenolic OH excluding ortho intramolecular Hbond substituents is 6. The summed E-state index contributed by atoms with van der Waals surface area (Å²) < 4.78 is 33.6. The zero-order chi connectivity index (χ0) is 39.9. The van der Waals surface area contributed by atoms with Gasteiger partial charge in [0.05, 0.1) is 12.7 Å². The van der Waals surface area contributed by atoms with Gasteiger partial charge in [0, 0.05) is 23.8 Å². The predicted octanol–water partition coefficient (Wildman–Crippen LogP) is -0.0116. The van der Waals surface area contributed by atoms with E-state index in [2.05, 4.69) is 0 Å². The Morgan fingerprint density at radius 3 is 2.11 bits per heavy atom. The Morgan fingerprint density at radius 1 is 0.745 bits per heavy atom. The summed E-state index contributed by atoms with van der Waals surface area (Å²) in [4.78, 5) is 26.2. The lowest BCUT2D eigenvalue weighted by molar-refractivity contribution is -0.319. The number of aliphatic hydroxyl groups excluding tert-OH is 5. The van der Waals surface area contributed by atoms with Gasteiger partial charge in [-0.15, -0.1) is 0 Å². The summed E-state index contributed by atoms with van der Waals surface area (Å²) in [6.07, 6.45) is -14.8. The van der Waals surface area contributed by atoms with Gasteiger partial charge < -0.3 is 84.3 Å². The minimum Gasteiger partial charge on any atom is -0.508 e. The van der Waals surface area contributed by atoms with Gasteiger partial charge in [0.15, 0.2) is 41.2 Å². The molecular weight excluding hydrogens is 736 g/mol. The molecule has 0 amide bonds. The Bertz CT molecular complexity index is 2150. The third-order valence-electron chi connectivity index (χ3n) is 8.92. The third-order valence-corrected chi connectivity index (χ3v) is 8.92. The second-order valence-corrected chi connectivity index (χ2v) is 12.8. The Kier molecular flexibility index (Phi) is 11.1. The van der Waals surface area contributed by atoms with Gasteiger partial charge in [0.1, 0.15) is 59.1 Å². The van der Waals surface area contributed by atoms with E-state index in [0.717, 1.165) is 30.3 Å². The molecule has 6 rings (SSSR count). The summed E-state index contributed by atoms with van der Waals surface area (Å²) in [6.45, 7) is 0.713. The highest BCUT2D eigenvalue weighted by Crippen LogP contribution is 2.39. The van der Waals surface area contributed by atoms with E-state index in [1.165, 1.54) is 37.3 Å². The number of fused-ring (bicyclic) bond motifs is 1. The van der Waals surface area contributed by atoms with E-state index in [-0.39, 0.29) is 16.9 Å². The van der Waals surface area contributed by atoms with E-state index in [0.29, 0.717) is 5.56 Å². The van der Waals surface area contributed by atoms with E-state index in [4.69, 9.17) is 28.1 Å². The molecule has 3 aromatic carbocycles. The smallest absolute Gasteiger partial charge is 0.331 e. The first kappa shape index (κ1) is 39.1. The number of hydrogen-bond acceptors (Lipinski definition) is 19. The number of benzene rings is 3. The minimum atomic E-state index is -2.03. The zero-order valence-corrected chi connectivity index (χ0v) is 28.4. The molecule has 0 radical (unpaired) electrons. The average Bonchev–Trinajstić information content (AvgIpc) is 3.13. The van der Waals surface area contributed by atoms with Crippen molar-refractivity contribution in [2.24, 2.45) is 0 Å². The molecule has 0 bridgehead atoms. The number of phenols is 6. The van der Waals surface area contributed by atoms with Crippen molar-refractivity contribution in [1.29, 1.82) is 0 Å². The highest BCUT2D eigenvalue weighted by molar-refractivity contribution is 5.89. The van der Waals surface area contributed by atoms with E-state index >= 15 is 0 Å². The van der Waals surface area contributed by atoms with Crippen LogP contribution in [0, 0.1) is 0 Å². The fraction of sp³-hybridized carbons (Fsp3) is 0.333. The van der Waals surface area contributed by atoms with Crippen molar-refractivity contribution >= 4 is 23.0 Å². The molecule has 19 nitrogen and oxygen atoms in total. The summed E-state index contributed by atoms with van der Waals surface area (Å²) >= 11 is 0. The number of aromatic hydroxyl groups is 6. The first-order valence-corrected chi connectivity index (χ1v) is 16.5. The van der Waals surface area contributed by atoms with Gasteiger partial charge in [-0.3, -0.25) is 4.79 Å². The van der Waals surface area contributed by atoms with Crippen LogP contribution in [-0.4, -0.2) is 130 Å². The Hall–Kier alpha value is -5.64. The second-order valence-electron chi connectivity index (χ2n) is 12.8. The van der Waals surface area contributed by atoms with Crippen LogP contribution in [0.1, 0.15) is 12.5 Å². The van der Waals surface area contributed by atoms with E-state index in [1.54, 1.807) is 0 Å². The lowest BCUT2D eigenvalue weighted by atomic mass is 9.98. The van der Waals surface area contributed by atoms with E-state index < -0.39 is 125 Å². The molecule has 0 saturated carbocycles. The first-order valence-electron chi connectivity index (χ1n) is 16.5. The maximum Gasteiger partial charge on any atom is 0.331 e. The number of esters is 1. The van der Waals surface area contributed by atoms with Gasteiger partial charge in [-0.25, -0.2) is 4.79 Å². The zero-order valence-electron chi connectivity index (χ0n) is 28.4. The van der Waals surface area contributed by atoms with E-state index in [9.17, 15) is 65.8 Å². The maximum absolute atomic E-state index is 13.7. The van der Waals surface area contributed by atoms with Crippen LogP contribution in [0.5, 0.6) is 40.2 Å². The van der Waals surface area contributed by atoms with Crippen molar-refractivity contribution in [3.05, 3.63) is 70.4 Å². The molecule has 2 fully saturated rings. The van der Waals surface area contributed by atoms with Crippen LogP contribution in [0.2, 0.25) is 0 Å². The molecule has 11 N–H and O–H groups in total. The monoisotopic (exact) mass is 772 g/mol. The lowest BCUT2D eigenvalue weighted by Gasteiger charge is -2.43. The molecule has 4 aromatic rings. The van der Waals surface area contributed by atoms with Crippen molar-refractivity contribution in [3.8, 4) is 51.6 Å². The Morgan fingerprint density at radius 2 is 1.42 bits per heavy atom. The normalized spacial score (nSPS) is 28.3. The van der Waals surface area contributed by atoms with Crippen LogP contribution in [0.15, 0.2) is 63.8 Å². The van der Waals surface area contributed by atoms with Gasteiger partial charge in [0.25, 0.3) is 0 Å². The number of rotatable bonds is 9. The molecule has 0 spiro atoms. The van der Waals surface area contributed by atoms with Crippen molar-refractivity contribution in [2.75, 3.05) is 6.61 Å². The topological polar surface area (TPSA) is 316 Å². The maximum atomic E-state index is 13.7. The number of aliphatic hydroxyl groups is 5. The second kappa shape index (κ2) is 15.6. The molecule has 2 aliphatic rings. The summed E-state index contributed by atoms with van der Waals surface area (Å²) in [6, 6.07) is 8.95. The molecule has 1 aromatic heterocycles. The van der Waals surface area contributed by atoms with Crippen molar-refractivity contribution in [1.82, 2.24) is 0 Å². The van der Waals surface area contributed by atoms with Crippen LogP contribution < -0.4 is 10.2 Å². The summed E-state index contributed by atoms with van der Waals surface area (Å²) in [5.74, 6) is -5.24. The molecule has 3 heterocycles. The van der Waals surface area contributed by atoms with Crippen molar-refractivity contribution in [2.45, 2.75) is 68.3 Å². The molecule has 55 heavy (non-hydrogen) atoms. The van der Waals surface area contributed by atoms with Crippen LogP contribution in [0.3, 0.4) is 0 Å². The molecule has 0 aliphatic carbocycles. The van der Waals surface area contributed by atoms with Gasteiger partial charge in [-0.2, -0.15) is 0 Å². The number of carbonyl (C=O) groups is 1. The van der Waals surface area contributed by atoms with Gasteiger partial charge in [-0.05, 0) is 48.9 Å². The quantitative estimate of drug-likeness (QED) is 0.0605. The van der Waals surface area contributed by atoms with E-state index in [1.807, 2.05) is 0 Å². The standard InChI is InChI=1S/C36H36O19/c1-13-32(54-24(43)7-3-14-2-5-17(38)19(40)8-14)29(47)31(49)35(51-13)50-12-23-26(44)28(46)30(48)36(53-23)55-34-27(45)25-21(42)10-16(37)11-22(25)52-33(34)15-4-6-18(39)20(41)9-15/h2-11,13,23,26,28-32,35-42,44,46-49H,12H2,1H3/b7-3+/t13-,23-,26+,28+,29-,30-,31+,32-,35+,36+/m1/s1. The number of ether oxygens (including phenoxy) is 5. The van der Waals surface area contributed by atoms with Crippen LogP contribution >= 0.6 is 0 Å². The fourth-order valence-corrected chi connectivity index (χ4v) is 5.98. The molecule has 0 unspecified atom stereocenters. The average molecular weight is 773 g/mol. The summed E-state index contributed by atoms with van der Waals surface area (Å²) in [7, 11) is 0. The molecule has 2 saturated heterocycles. The number of carbonyl (C=O) groups excluding carboxylic acids is 1. The predicted molar refractivity (Wildman–Crippen MR) is 183 cm³/mol. The Labute approximate surface area is 308 Å². The molecule has 2 aliphatic heterocycles. The van der Waals surface area contributed by atoms with Gasteiger partial charge >= 0.3 is 5.97 Å². The van der Waals surface area contributed by atoms with Crippen LogP contribution in [-0.2, 0) is 23.7 Å². The van der Waals surface area contributed by atoms with Crippen LogP contribution in [0.4, 0.5) is 0 Å². The van der Waals surface area contributed by atoms with Crippen LogP contribution in [0.25, 0.3) is 28.4 Å². The summed E-state index contributed by atoms with van der Waals surface area (Å²) in [5, 5.41) is 113. The third kappa shape index (κ3) is 7.95. The van der Waals surface area contributed by atoms with Crippen molar-refractivity contribution < 1.29 is 89.1 Å².